The summed E-state index contributed by atoms with van der Waals surface area (Å²) in [6, 6.07) is 42.5. The normalized spacial score (nSPS) is 11.5. The Labute approximate surface area is 210 Å². The van der Waals surface area contributed by atoms with Crippen LogP contribution in [0.15, 0.2) is 134 Å². The highest BCUT2D eigenvalue weighted by atomic mass is 15.3. The van der Waals surface area contributed by atoms with Crippen molar-refractivity contribution in [1.82, 2.24) is 14.8 Å². The fourth-order valence-corrected chi connectivity index (χ4v) is 5.16. The summed E-state index contributed by atoms with van der Waals surface area (Å²) >= 11 is 0. The van der Waals surface area contributed by atoms with E-state index in [1.807, 2.05) is 31.6 Å². The van der Waals surface area contributed by atoms with Crippen LogP contribution in [0.25, 0.3) is 22.2 Å². The highest BCUT2D eigenvalue weighted by Gasteiger charge is 2.40. The Morgan fingerprint density at radius 1 is 0.639 bits per heavy atom. The van der Waals surface area contributed by atoms with E-state index in [4.69, 9.17) is 5.10 Å². The lowest BCUT2D eigenvalue weighted by Gasteiger charge is -2.37. The average molecular weight is 467 g/mol. The zero-order valence-corrected chi connectivity index (χ0v) is 20.0. The second kappa shape index (κ2) is 9.16. The number of hydrogen-bond acceptors (Lipinski definition) is 3. The van der Waals surface area contributed by atoms with Crippen molar-refractivity contribution in [2.75, 3.05) is 12.4 Å². The number of fused-ring (bicyclic) bond motifs is 1. The number of rotatable bonds is 6. The lowest BCUT2D eigenvalue weighted by molar-refractivity contribution is 0.477. The van der Waals surface area contributed by atoms with Gasteiger partial charge in [-0.05, 0) is 47.0 Å². The van der Waals surface area contributed by atoms with Crippen LogP contribution in [0.4, 0.5) is 5.69 Å². The lowest BCUT2D eigenvalue weighted by Crippen LogP contribution is -2.38. The molecule has 2 heterocycles. The van der Waals surface area contributed by atoms with Crippen molar-refractivity contribution < 1.29 is 0 Å². The van der Waals surface area contributed by atoms with Gasteiger partial charge in [-0.1, -0.05) is 91.0 Å². The predicted molar refractivity (Wildman–Crippen MR) is 147 cm³/mol. The number of nitrogens with zero attached hydrogens (tertiary/aromatic N) is 3. The van der Waals surface area contributed by atoms with Crippen LogP contribution >= 0.6 is 0 Å². The molecule has 0 aliphatic carbocycles. The van der Waals surface area contributed by atoms with Crippen molar-refractivity contribution in [3.8, 4) is 11.3 Å². The van der Waals surface area contributed by atoms with Gasteiger partial charge in [-0.2, -0.15) is 5.10 Å². The van der Waals surface area contributed by atoms with Crippen LogP contribution in [0.3, 0.4) is 0 Å². The molecule has 0 saturated heterocycles. The fourth-order valence-electron chi connectivity index (χ4n) is 5.16. The number of aromatic nitrogens is 3. The number of hydrogen-bond donors (Lipinski definition) is 1. The molecule has 4 heteroatoms. The van der Waals surface area contributed by atoms with Crippen LogP contribution in [0.5, 0.6) is 0 Å². The smallest absolute Gasteiger partial charge is 0.138 e. The van der Waals surface area contributed by atoms with Crippen molar-refractivity contribution in [3.63, 3.8) is 0 Å². The highest BCUT2D eigenvalue weighted by Crippen LogP contribution is 2.44. The number of nitrogens with one attached hydrogen (secondary N) is 1. The topological polar surface area (TPSA) is 42.7 Å². The Morgan fingerprint density at radius 3 is 1.67 bits per heavy atom. The van der Waals surface area contributed by atoms with Gasteiger partial charge in [-0.25, -0.2) is 4.68 Å². The van der Waals surface area contributed by atoms with Crippen LogP contribution in [0.2, 0.25) is 0 Å². The van der Waals surface area contributed by atoms with E-state index in [1.54, 1.807) is 0 Å². The van der Waals surface area contributed by atoms with Crippen LogP contribution < -0.4 is 5.32 Å². The van der Waals surface area contributed by atoms with Crippen molar-refractivity contribution in [2.24, 2.45) is 0 Å². The van der Waals surface area contributed by atoms with Crippen molar-refractivity contribution in [3.05, 3.63) is 150 Å². The molecule has 0 radical (unpaired) electrons. The first-order valence-corrected chi connectivity index (χ1v) is 12.1. The van der Waals surface area contributed by atoms with Crippen molar-refractivity contribution in [2.45, 2.75) is 5.54 Å². The average Bonchev–Trinajstić information content (AvgIpc) is 3.35. The Morgan fingerprint density at radius 2 is 1.17 bits per heavy atom. The van der Waals surface area contributed by atoms with E-state index in [9.17, 15) is 0 Å². The maximum atomic E-state index is 5.40. The summed E-state index contributed by atoms with van der Waals surface area (Å²) in [4.78, 5) is 4.24. The van der Waals surface area contributed by atoms with Crippen molar-refractivity contribution in [1.29, 1.82) is 0 Å². The van der Waals surface area contributed by atoms with E-state index in [1.165, 1.54) is 0 Å². The maximum absolute atomic E-state index is 5.40. The third-order valence-electron chi connectivity index (χ3n) is 6.81. The van der Waals surface area contributed by atoms with E-state index in [2.05, 4.69) is 124 Å². The molecule has 2 aromatic heterocycles. The standard InChI is InChI=1S/C32H26N4/c1-33-28-17-18-30-29(23-28)31(24-19-21-34-22-20-24)35-36(30)32(25-11-5-2-6-12-25,26-13-7-3-8-14-26)27-15-9-4-10-16-27/h2-23,33H,1H3. The molecule has 0 spiro atoms. The first-order valence-electron chi connectivity index (χ1n) is 12.1. The predicted octanol–water partition coefficient (Wildman–Crippen LogP) is 6.98. The summed E-state index contributed by atoms with van der Waals surface area (Å²) in [6.45, 7) is 0. The van der Waals surface area contributed by atoms with Gasteiger partial charge in [0.2, 0.25) is 0 Å². The minimum atomic E-state index is -0.686. The molecule has 174 valence electrons. The van der Waals surface area contributed by atoms with Gasteiger partial charge in [0.1, 0.15) is 11.2 Å². The summed E-state index contributed by atoms with van der Waals surface area (Å²) in [5.74, 6) is 0. The lowest BCUT2D eigenvalue weighted by atomic mass is 9.77. The minimum Gasteiger partial charge on any atom is -0.388 e. The highest BCUT2D eigenvalue weighted by molar-refractivity contribution is 5.96. The molecule has 0 amide bonds. The summed E-state index contributed by atoms with van der Waals surface area (Å²) in [5.41, 5.74) is 6.80. The third kappa shape index (κ3) is 3.46. The molecule has 0 saturated carbocycles. The summed E-state index contributed by atoms with van der Waals surface area (Å²) in [7, 11) is 1.94. The molecule has 0 aliphatic rings. The van der Waals surface area contributed by atoms with Crippen LogP contribution in [-0.2, 0) is 5.54 Å². The SMILES string of the molecule is CNc1ccc2c(c1)c(-c1ccncc1)nn2C(c1ccccc1)(c1ccccc1)c1ccccc1. The summed E-state index contributed by atoms with van der Waals surface area (Å²) in [5, 5.41) is 9.77. The first-order chi connectivity index (χ1) is 17.8. The Bertz CT molecular complexity index is 1500. The number of pyridine rings is 1. The van der Waals surface area contributed by atoms with Gasteiger partial charge in [0, 0.05) is 36.1 Å². The Balaban J connectivity index is 1.79. The Hall–Kier alpha value is -4.70. The molecule has 36 heavy (non-hydrogen) atoms. The molecule has 0 unspecified atom stereocenters. The molecule has 6 aromatic rings. The van der Waals surface area contributed by atoms with Crippen LogP contribution in [0, 0.1) is 0 Å². The number of anilines is 1. The van der Waals surface area contributed by atoms with E-state index in [0.717, 1.165) is 44.5 Å². The molecule has 0 bridgehead atoms. The van der Waals surface area contributed by atoms with Gasteiger partial charge < -0.3 is 5.32 Å². The summed E-state index contributed by atoms with van der Waals surface area (Å²) < 4.78 is 2.21. The van der Waals surface area contributed by atoms with E-state index in [-0.39, 0.29) is 0 Å². The second-order valence-electron chi connectivity index (χ2n) is 8.79. The van der Waals surface area contributed by atoms with Gasteiger partial charge in [0.15, 0.2) is 0 Å². The second-order valence-corrected chi connectivity index (χ2v) is 8.79. The van der Waals surface area contributed by atoms with Crippen molar-refractivity contribution >= 4 is 16.6 Å². The molecular weight excluding hydrogens is 440 g/mol. The summed E-state index contributed by atoms with van der Waals surface area (Å²) in [6.07, 6.45) is 3.64. The molecule has 6 rings (SSSR count). The van der Waals surface area contributed by atoms with E-state index in [0.29, 0.717) is 0 Å². The molecule has 4 nitrogen and oxygen atoms in total. The molecule has 0 fully saturated rings. The van der Waals surface area contributed by atoms with E-state index < -0.39 is 5.54 Å². The van der Waals surface area contributed by atoms with Gasteiger partial charge in [0.05, 0.1) is 5.52 Å². The largest absolute Gasteiger partial charge is 0.388 e. The quantitative estimate of drug-likeness (QED) is 0.269. The molecule has 0 aliphatic heterocycles. The van der Waals surface area contributed by atoms with Crippen LogP contribution in [-0.4, -0.2) is 21.8 Å². The Kier molecular flexibility index (Phi) is 5.55. The van der Waals surface area contributed by atoms with Gasteiger partial charge in [0.25, 0.3) is 0 Å². The zero-order chi connectivity index (χ0) is 24.4. The van der Waals surface area contributed by atoms with Gasteiger partial charge in [-0.3, -0.25) is 4.98 Å². The molecule has 4 aromatic carbocycles. The third-order valence-corrected chi connectivity index (χ3v) is 6.81. The fraction of sp³-hybridized carbons (Fsp3) is 0.0625. The first kappa shape index (κ1) is 21.8. The monoisotopic (exact) mass is 466 g/mol. The molecule has 0 atom stereocenters. The van der Waals surface area contributed by atoms with E-state index >= 15 is 0 Å². The van der Waals surface area contributed by atoms with Gasteiger partial charge >= 0.3 is 0 Å². The van der Waals surface area contributed by atoms with Crippen LogP contribution in [0.1, 0.15) is 16.7 Å². The zero-order valence-electron chi connectivity index (χ0n) is 20.0. The maximum Gasteiger partial charge on any atom is 0.138 e. The minimum absolute atomic E-state index is 0.686. The number of benzene rings is 4. The molecular formula is C32H26N4. The molecule has 1 N–H and O–H groups in total. The van der Waals surface area contributed by atoms with Gasteiger partial charge in [-0.15, -0.1) is 0 Å².